The Hall–Kier alpha value is -1.27. The first-order chi connectivity index (χ1) is 9.36. The summed E-state index contributed by atoms with van der Waals surface area (Å²) in [7, 11) is 1.61. The molecule has 0 atom stereocenters. The van der Waals surface area contributed by atoms with Gasteiger partial charge >= 0.3 is 0 Å². The lowest BCUT2D eigenvalue weighted by Gasteiger charge is -2.30. The van der Waals surface area contributed by atoms with Crippen molar-refractivity contribution in [1.82, 2.24) is 10.2 Å². The second-order valence-electron chi connectivity index (χ2n) is 5.33. The Morgan fingerprint density at radius 2 is 1.95 bits per heavy atom. The first-order valence-corrected chi connectivity index (χ1v) is 7.79. The highest BCUT2D eigenvalue weighted by molar-refractivity contribution is 7.18. The molecule has 0 spiro atoms. The highest BCUT2D eigenvalue weighted by Gasteiger charge is 2.14. The molecule has 0 fully saturated rings. The maximum atomic E-state index is 11.6. The summed E-state index contributed by atoms with van der Waals surface area (Å²) in [5.41, 5.74) is 6.37. The van der Waals surface area contributed by atoms with Crippen LogP contribution in [-0.4, -0.2) is 43.0 Å². The largest absolute Gasteiger partial charge is 0.397 e. The average Bonchev–Trinajstić information content (AvgIpc) is 2.74. The molecular weight excluding hydrogens is 272 g/mol. The monoisotopic (exact) mass is 298 g/mol. The molecule has 0 saturated carbocycles. The van der Waals surface area contributed by atoms with Gasteiger partial charge in [-0.25, -0.2) is 0 Å². The highest BCUT2D eigenvalue weighted by atomic mass is 32.1. The number of hydrogen-bond acceptors (Lipinski definition) is 5. The number of nitrogen functional groups attached to an aromatic ring is 1. The fraction of sp³-hybridized carbons (Fsp3) is 0.643. The van der Waals surface area contributed by atoms with Crippen LogP contribution in [0.1, 0.15) is 37.4 Å². The van der Waals surface area contributed by atoms with Crippen molar-refractivity contribution in [2.75, 3.05) is 31.2 Å². The summed E-state index contributed by atoms with van der Waals surface area (Å²) in [6.45, 7) is 10.6. The van der Waals surface area contributed by atoms with Crippen LogP contribution in [0.5, 0.6) is 0 Å². The zero-order valence-electron chi connectivity index (χ0n) is 13.0. The summed E-state index contributed by atoms with van der Waals surface area (Å²) < 4.78 is 0. The number of nitrogens with one attached hydrogen (secondary N) is 2. The van der Waals surface area contributed by atoms with Gasteiger partial charge in [0.15, 0.2) is 0 Å². The van der Waals surface area contributed by atoms with Crippen LogP contribution in [0.2, 0.25) is 0 Å². The van der Waals surface area contributed by atoms with Crippen molar-refractivity contribution >= 4 is 27.9 Å². The Kier molecular flexibility index (Phi) is 6.29. The van der Waals surface area contributed by atoms with Gasteiger partial charge in [0.1, 0.15) is 4.88 Å². The van der Waals surface area contributed by atoms with E-state index in [1.165, 1.54) is 11.3 Å². The Morgan fingerprint density at radius 1 is 1.35 bits per heavy atom. The van der Waals surface area contributed by atoms with E-state index < -0.39 is 0 Å². The fourth-order valence-corrected chi connectivity index (χ4v) is 3.16. The van der Waals surface area contributed by atoms with Gasteiger partial charge in [0.2, 0.25) is 0 Å². The molecular formula is C14H26N4OS. The molecule has 5 nitrogen and oxygen atoms in total. The molecule has 1 amide bonds. The highest BCUT2D eigenvalue weighted by Crippen LogP contribution is 2.28. The van der Waals surface area contributed by atoms with Crippen LogP contribution in [0, 0.1) is 0 Å². The molecule has 0 aliphatic rings. The van der Waals surface area contributed by atoms with E-state index in [-0.39, 0.29) is 5.91 Å². The second-order valence-corrected chi connectivity index (χ2v) is 6.38. The number of nitrogens with zero attached hydrogens (tertiary/aromatic N) is 1. The number of carbonyl (C=O) groups is 1. The smallest absolute Gasteiger partial charge is 0.263 e. The molecule has 1 rings (SSSR count). The number of nitrogens with two attached hydrogens (primary N) is 1. The zero-order chi connectivity index (χ0) is 15.3. The van der Waals surface area contributed by atoms with E-state index in [4.69, 9.17) is 5.73 Å². The van der Waals surface area contributed by atoms with Crippen molar-refractivity contribution < 1.29 is 4.79 Å². The van der Waals surface area contributed by atoms with E-state index in [2.05, 4.69) is 43.2 Å². The molecule has 1 aromatic heterocycles. The van der Waals surface area contributed by atoms with E-state index in [1.807, 2.05) is 6.07 Å². The summed E-state index contributed by atoms with van der Waals surface area (Å²) in [4.78, 5) is 14.6. The molecule has 0 aliphatic carbocycles. The molecule has 0 radical (unpaired) electrons. The SMILES string of the molecule is CNC(=O)c1sc(NCCN(C(C)C)C(C)C)cc1N. The molecule has 0 bridgehead atoms. The Labute approximate surface area is 125 Å². The third kappa shape index (κ3) is 4.38. The Balaban J connectivity index is 2.56. The van der Waals surface area contributed by atoms with E-state index in [9.17, 15) is 4.79 Å². The van der Waals surface area contributed by atoms with Crippen molar-refractivity contribution in [2.45, 2.75) is 39.8 Å². The number of hydrogen-bond donors (Lipinski definition) is 3. The number of carbonyl (C=O) groups excluding carboxylic acids is 1. The van der Waals surface area contributed by atoms with Crippen molar-refractivity contribution in [2.24, 2.45) is 0 Å². The summed E-state index contributed by atoms with van der Waals surface area (Å²) in [6.07, 6.45) is 0. The minimum absolute atomic E-state index is 0.133. The topological polar surface area (TPSA) is 70.4 Å². The molecule has 4 N–H and O–H groups in total. The zero-order valence-corrected chi connectivity index (χ0v) is 13.8. The minimum atomic E-state index is -0.133. The van der Waals surface area contributed by atoms with Gasteiger partial charge in [0.25, 0.3) is 5.91 Å². The lowest BCUT2D eigenvalue weighted by Crippen LogP contribution is -2.40. The first-order valence-electron chi connectivity index (χ1n) is 6.97. The molecule has 0 aromatic carbocycles. The second kappa shape index (κ2) is 7.50. The van der Waals surface area contributed by atoms with Crippen LogP contribution in [0.4, 0.5) is 10.7 Å². The van der Waals surface area contributed by atoms with E-state index >= 15 is 0 Å². The van der Waals surface area contributed by atoms with Crippen LogP contribution >= 0.6 is 11.3 Å². The molecule has 0 unspecified atom stereocenters. The van der Waals surface area contributed by atoms with Gasteiger partial charge in [0, 0.05) is 32.2 Å². The molecule has 1 aromatic rings. The van der Waals surface area contributed by atoms with Crippen molar-refractivity contribution in [1.29, 1.82) is 0 Å². The number of anilines is 2. The third-order valence-corrected chi connectivity index (χ3v) is 4.30. The van der Waals surface area contributed by atoms with Gasteiger partial charge in [-0.2, -0.15) is 0 Å². The lowest BCUT2D eigenvalue weighted by atomic mass is 10.2. The predicted molar refractivity (Wildman–Crippen MR) is 87.6 cm³/mol. The summed E-state index contributed by atoms with van der Waals surface area (Å²) >= 11 is 1.39. The lowest BCUT2D eigenvalue weighted by molar-refractivity contribution is 0.0968. The number of rotatable bonds is 7. The summed E-state index contributed by atoms with van der Waals surface area (Å²) in [5.74, 6) is -0.133. The molecule has 1 heterocycles. The molecule has 6 heteroatoms. The van der Waals surface area contributed by atoms with Gasteiger partial charge in [-0.15, -0.1) is 11.3 Å². The van der Waals surface area contributed by atoms with Crippen molar-refractivity contribution in [3.05, 3.63) is 10.9 Å². The van der Waals surface area contributed by atoms with Gasteiger partial charge in [-0.3, -0.25) is 9.69 Å². The van der Waals surface area contributed by atoms with Crippen LogP contribution in [0.25, 0.3) is 0 Å². The quantitative estimate of drug-likeness (QED) is 0.722. The predicted octanol–water partition coefficient (Wildman–Crippen LogP) is 2.22. The first kappa shape index (κ1) is 16.8. The van der Waals surface area contributed by atoms with Gasteiger partial charge < -0.3 is 16.4 Å². The van der Waals surface area contributed by atoms with Crippen molar-refractivity contribution in [3.8, 4) is 0 Å². The number of thiophene rings is 1. The maximum absolute atomic E-state index is 11.6. The summed E-state index contributed by atoms with van der Waals surface area (Å²) in [5, 5.41) is 6.88. The van der Waals surface area contributed by atoms with Crippen molar-refractivity contribution in [3.63, 3.8) is 0 Å². The Morgan fingerprint density at radius 3 is 2.45 bits per heavy atom. The van der Waals surface area contributed by atoms with Gasteiger partial charge in [0.05, 0.1) is 10.7 Å². The van der Waals surface area contributed by atoms with Gasteiger partial charge in [-0.05, 0) is 33.8 Å². The van der Waals surface area contributed by atoms with Gasteiger partial charge in [-0.1, -0.05) is 0 Å². The fourth-order valence-electron chi connectivity index (χ4n) is 2.20. The van der Waals surface area contributed by atoms with Crippen LogP contribution in [0.15, 0.2) is 6.07 Å². The van der Waals surface area contributed by atoms with E-state index in [0.29, 0.717) is 22.6 Å². The number of amides is 1. The molecule has 0 saturated heterocycles. The minimum Gasteiger partial charge on any atom is -0.397 e. The summed E-state index contributed by atoms with van der Waals surface area (Å²) in [6, 6.07) is 2.86. The molecule has 114 valence electrons. The molecule has 0 aliphatic heterocycles. The van der Waals surface area contributed by atoms with E-state index in [0.717, 1.165) is 18.1 Å². The Bertz CT molecular complexity index is 434. The average molecular weight is 298 g/mol. The van der Waals surface area contributed by atoms with Crippen LogP contribution in [0.3, 0.4) is 0 Å². The molecule has 20 heavy (non-hydrogen) atoms. The third-order valence-electron chi connectivity index (χ3n) is 3.19. The van der Waals surface area contributed by atoms with Crippen LogP contribution in [-0.2, 0) is 0 Å². The standard InChI is InChI=1S/C14H26N4OS/c1-9(2)18(10(3)4)7-6-17-12-8-11(15)13(20-12)14(19)16-5/h8-10,17H,6-7,15H2,1-5H3,(H,16,19). The van der Waals surface area contributed by atoms with Crippen LogP contribution < -0.4 is 16.4 Å². The normalized spacial score (nSPS) is 11.4. The maximum Gasteiger partial charge on any atom is 0.263 e. The van der Waals surface area contributed by atoms with E-state index in [1.54, 1.807) is 7.05 Å².